The van der Waals surface area contributed by atoms with E-state index in [9.17, 15) is 4.79 Å². The van der Waals surface area contributed by atoms with Crippen LogP contribution in [0.25, 0.3) is 0 Å². The van der Waals surface area contributed by atoms with Crippen LogP contribution in [0.5, 0.6) is 5.75 Å². The highest BCUT2D eigenvalue weighted by molar-refractivity contribution is 8.00. The second-order valence-electron chi connectivity index (χ2n) is 5.92. The van der Waals surface area contributed by atoms with Crippen LogP contribution >= 0.6 is 23.1 Å². The number of anilines is 1. The van der Waals surface area contributed by atoms with Crippen LogP contribution < -0.4 is 10.1 Å². The molecule has 3 rings (SSSR count). The van der Waals surface area contributed by atoms with Gasteiger partial charge < -0.3 is 4.74 Å². The number of para-hydroxylation sites is 1. The molecule has 0 spiro atoms. The molecule has 0 saturated heterocycles. The van der Waals surface area contributed by atoms with Gasteiger partial charge in [-0.05, 0) is 30.5 Å². The lowest BCUT2D eigenvalue weighted by atomic mass is 10.2. The Hall–Kier alpha value is -2.38. The number of benzene rings is 2. The predicted molar refractivity (Wildman–Crippen MR) is 110 cm³/mol. The van der Waals surface area contributed by atoms with E-state index in [1.807, 2.05) is 56.3 Å². The normalized spacial score (nSPS) is 11.8. The van der Waals surface area contributed by atoms with Gasteiger partial charge in [0.1, 0.15) is 5.75 Å². The summed E-state index contributed by atoms with van der Waals surface area (Å²) in [4.78, 5) is 12.5. The van der Waals surface area contributed by atoms with Gasteiger partial charge in [0.2, 0.25) is 5.13 Å². The van der Waals surface area contributed by atoms with Crippen molar-refractivity contribution in [1.82, 2.24) is 10.2 Å². The number of hydrogen-bond donors (Lipinski definition) is 1. The highest BCUT2D eigenvalue weighted by Crippen LogP contribution is 2.28. The lowest BCUT2D eigenvalue weighted by Gasteiger charge is -2.17. The molecular weight excluding hydrogens is 378 g/mol. The molecule has 1 atom stereocenters. The maximum absolute atomic E-state index is 12.5. The number of carbonyl (C=O) groups is 1. The number of aromatic nitrogens is 2. The molecule has 0 saturated carbocycles. The molecule has 140 valence electrons. The van der Waals surface area contributed by atoms with Gasteiger partial charge in [0.15, 0.2) is 10.4 Å². The summed E-state index contributed by atoms with van der Waals surface area (Å²) in [7, 11) is 0. The molecule has 0 aliphatic carbocycles. The third-order valence-electron chi connectivity index (χ3n) is 3.87. The fraction of sp³-hybridized carbons (Fsp3) is 0.250. The van der Waals surface area contributed by atoms with Gasteiger partial charge in [-0.25, -0.2) is 0 Å². The van der Waals surface area contributed by atoms with Crippen molar-refractivity contribution in [3.63, 3.8) is 0 Å². The average Bonchev–Trinajstić information content (AvgIpc) is 3.14. The van der Waals surface area contributed by atoms with Gasteiger partial charge >= 0.3 is 0 Å². The van der Waals surface area contributed by atoms with Crippen molar-refractivity contribution in [3.8, 4) is 5.75 Å². The molecule has 2 aromatic carbocycles. The Morgan fingerprint density at radius 1 is 1.15 bits per heavy atom. The van der Waals surface area contributed by atoms with Crippen molar-refractivity contribution in [2.24, 2.45) is 0 Å². The molecule has 1 amide bonds. The summed E-state index contributed by atoms with van der Waals surface area (Å²) < 4.78 is 6.70. The Labute approximate surface area is 167 Å². The number of nitrogens with zero attached hydrogens (tertiary/aromatic N) is 2. The van der Waals surface area contributed by atoms with Crippen LogP contribution in [0.15, 0.2) is 58.9 Å². The standard InChI is InChI=1S/C20H21N3O2S2/c1-3-16(25-17-12-8-7-9-14(17)2)18(24)21-19-22-23-20(27-19)26-13-15-10-5-4-6-11-15/h4-12,16H,3,13H2,1-2H3,(H,21,22,24)/t16-/m1/s1. The fourth-order valence-electron chi connectivity index (χ4n) is 2.39. The minimum Gasteiger partial charge on any atom is -0.480 e. The molecule has 27 heavy (non-hydrogen) atoms. The monoisotopic (exact) mass is 399 g/mol. The number of hydrogen-bond acceptors (Lipinski definition) is 6. The summed E-state index contributed by atoms with van der Waals surface area (Å²) in [6, 6.07) is 17.8. The number of rotatable bonds is 8. The van der Waals surface area contributed by atoms with Gasteiger partial charge in [0.05, 0.1) is 0 Å². The molecule has 1 aromatic heterocycles. The quantitative estimate of drug-likeness (QED) is 0.430. The average molecular weight is 400 g/mol. The smallest absolute Gasteiger partial charge is 0.267 e. The highest BCUT2D eigenvalue weighted by atomic mass is 32.2. The molecule has 5 nitrogen and oxygen atoms in total. The Kier molecular flexibility index (Phi) is 6.84. The maximum Gasteiger partial charge on any atom is 0.267 e. The van der Waals surface area contributed by atoms with Crippen molar-refractivity contribution in [2.75, 3.05) is 5.32 Å². The van der Waals surface area contributed by atoms with E-state index in [4.69, 9.17) is 4.74 Å². The maximum atomic E-state index is 12.5. The molecule has 0 aliphatic heterocycles. The van der Waals surface area contributed by atoms with Crippen LogP contribution in [-0.4, -0.2) is 22.2 Å². The number of amides is 1. The molecule has 1 N–H and O–H groups in total. The molecular formula is C20H21N3O2S2. The van der Waals surface area contributed by atoms with Gasteiger partial charge in [-0.3, -0.25) is 10.1 Å². The van der Waals surface area contributed by atoms with Crippen LogP contribution in [0.1, 0.15) is 24.5 Å². The van der Waals surface area contributed by atoms with E-state index in [1.54, 1.807) is 11.8 Å². The van der Waals surface area contributed by atoms with Gasteiger partial charge in [-0.2, -0.15) is 0 Å². The number of thioether (sulfide) groups is 1. The van der Waals surface area contributed by atoms with E-state index in [0.717, 1.165) is 21.4 Å². The first-order valence-electron chi connectivity index (χ1n) is 8.69. The lowest BCUT2D eigenvalue weighted by Crippen LogP contribution is -2.32. The van der Waals surface area contributed by atoms with Gasteiger partial charge in [0.25, 0.3) is 5.91 Å². The third-order valence-corrected chi connectivity index (χ3v) is 5.91. The van der Waals surface area contributed by atoms with E-state index in [2.05, 4.69) is 27.6 Å². The first-order chi connectivity index (χ1) is 13.2. The Balaban J connectivity index is 1.56. The predicted octanol–water partition coefficient (Wildman–Crippen LogP) is 4.93. The van der Waals surface area contributed by atoms with Crippen LogP contribution in [0.2, 0.25) is 0 Å². The number of nitrogens with one attached hydrogen (secondary N) is 1. The lowest BCUT2D eigenvalue weighted by molar-refractivity contribution is -0.122. The van der Waals surface area contributed by atoms with E-state index < -0.39 is 6.10 Å². The Morgan fingerprint density at radius 2 is 1.89 bits per heavy atom. The van der Waals surface area contributed by atoms with Crippen LogP contribution in [0.3, 0.4) is 0 Å². The van der Waals surface area contributed by atoms with Crippen molar-refractivity contribution in [2.45, 2.75) is 36.5 Å². The van der Waals surface area contributed by atoms with Gasteiger partial charge in [-0.15, -0.1) is 10.2 Å². The first kappa shape index (κ1) is 19.4. The summed E-state index contributed by atoms with van der Waals surface area (Å²) in [5, 5.41) is 11.5. The van der Waals surface area contributed by atoms with Crippen molar-refractivity contribution < 1.29 is 9.53 Å². The second kappa shape index (κ2) is 9.53. The number of aryl methyl sites for hydroxylation is 1. The molecule has 1 heterocycles. The molecule has 0 bridgehead atoms. The van der Waals surface area contributed by atoms with Crippen molar-refractivity contribution in [3.05, 3.63) is 65.7 Å². The molecule has 7 heteroatoms. The molecule has 0 radical (unpaired) electrons. The van der Waals surface area contributed by atoms with E-state index in [-0.39, 0.29) is 5.91 Å². The molecule has 0 fully saturated rings. The molecule has 3 aromatic rings. The third kappa shape index (κ3) is 5.55. The van der Waals surface area contributed by atoms with Gasteiger partial charge in [0, 0.05) is 5.75 Å². The summed E-state index contributed by atoms with van der Waals surface area (Å²) in [5.74, 6) is 1.32. The van der Waals surface area contributed by atoms with Crippen LogP contribution in [0.4, 0.5) is 5.13 Å². The van der Waals surface area contributed by atoms with E-state index in [1.165, 1.54) is 16.9 Å². The fourth-order valence-corrected chi connectivity index (χ4v) is 4.10. The second-order valence-corrected chi connectivity index (χ2v) is 8.12. The van der Waals surface area contributed by atoms with Gasteiger partial charge in [-0.1, -0.05) is 78.6 Å². The summed E-state index contributed by atoms with van der Waals surface area (Å²) in [6.45, 7) is 3.88. The zero-order chi connectivity index (χ0) is 19.1. The summed E-state index contributed by atoms with van der Waals surface area (Å²) >= 11 is 2.97. The van der Waals surface area contributed by atoms with E-state index in [0.29, 0.717) is 11.6 Å². The summed E-state index contributed by atoms with van der Waals surface area (Å²) in [6.07, 6.45) is -0.00961. The zero-order valence-electron chi connectivity index (χ0n) is 15.2. The number of carbonyl (C=O) groups excluding carboxylic acids is 1. The van der Waals surface area contributed by atoms with E-state index >= 15 is 0 Å². The Morgan fingerprint density at radius 3 is 2.63 bits per heavy atom. The number of ether oxygens (including phenoxy) is 1. The summed E-state index contributed by atoms with van der Waals surface area (Å²) in [5.41, 5.74) is 2.22. The topological polar surface area (TPSA) is 64.1 Å². The zero-order valence-corrected chi connectivity index (χ0v) is 16.8. The van der Waals surface area contributed by atoms with Crippen LogP contribution in [0, 0.1) is 6.92 Å². The SMILES string of the molecule is CC[C@@H](Oc1ccccc1C)C(=O)Nc1nnc(SCc2ccccc2)s1. The highest BCUT2D eigenvalue weighted by Gasteiger charge is 2.20. The Bertz CT molecular complexity index is 884. The largest absolute Gasteiger partial charge is 0.480 e. The first-order valence-corrected chi connectivity index (χ1v) is 10.5. The minimum atomic E-state index is -0.574. The minimum absolute atomic E-state index is 0.212. The van der Waals surface area contributed by atoms with Crippen LogP contribution in [-0.2, 0) is 10.5 Å². The molecule has 0 aliphatic rings. The molecule has 0 unspecified atom stereocenters. The van der Waals surface area contributed by atoms with Crippen molar-refractivity contribution in [1.29, 1.82) is 0 Å². The van der Waals surface area contributed by atoms with Crippen molar-refractivity contribution >= 4 is 34.1 Å².